The highest BCUT2D eigenvalue weighted by atomic mass is 35.5. The first-order chi connectivity index (χ1) is 10.4. The summed E-state index contributed by atoms with van der Waals surface area (Å²) < 4.78 is 1.83. The molecule has 1 amide bonds. The molecule has 2 rings (SSSR count). The Labute approximate surface area is 139 Å². The largest absolute Gasteiger partial charge is 0.352 e. The summed E-state index contributed by atoms with van der Waals surface area (Å²) in [6.45, 7) is 6.84. The molecule has 1 aromatic heterocycles. The third-order valence-corrected chi connectivity index (χ3v) is 4.12. The molecule has 0 atom stereocenters. The number of carbonyl (C=O) groups excluding carboxylic acids is 1. The Morgan fingerprint density at radius 3 is 2.41 bits per heavy atom. The summed E-state index contributed by atoms with van der Waals surface area (Å²) >= 11 is 12.1. The second kappa shape index (κ2) is 7.11. The summed E-state index contributed by atoms with van der Waals surface area (Å²) in [5, 5.41) is 8.11. The molecule has 0 radical (unpaired) electrons. The minimum absolute atomic E-state index is 0.185. The Bertz CT molecular complexity index is 674. The van der Waals surface area contributed by atoms with Crippen LogP contribution in [-0.2, 0) is 6.54 Å². The molecule has 1 aromatic carbocycles. The fourth-order valence-electron chi connectivity index (χ4n) is 2.08. The average Bonchev–Trinajstić information content (AvgIpc) is 2.78. The number of aryl methyl sites for hydroxylation is 3. The number of carbonyl (C=O) groups is 1. The van der Waals surface area contributed by atoms with Crippen LogP contribution in [0.15, 0.2) is 12.1 Å². The molecule has 0 saturated carbocycles. The maximum Gasteiger partial charge on any atom is 0.251 e. The van der Waals surface area contributed by atoms with E-state index in [1.807, 2.05) is 25.5 Å². The van der Waals surface area contributed by atoms with Gasteiger partial charge in [0.1, 0.15) is 11.6 Å². The zero-order valence-corrected chi connectivity index (χ0v) is 14.3. The molecule has 0 unspecified atom stereocenters. The van der Waals surface area contributed by atoms with Crippen molar-refractivity contribution in [1.82, 2.24) is 20.1 Å². The van der Waals surface area contributed by atoms with Crippen LogP contribution in [0.2, 0.25) is 10.0 Å². The third-order valence-electron chi connectivity index (χ3n) is 3.34. The topological polar surface area (TPSA) is 59.8 Å². The molecule has 0 aliphatic rings. The van der Waals surface area contributed by atoms with E-state index >= 15 is 0 Å². The van der Waals surface area contributed by atoms with E-state index in [9.17, 15) is 4.79 Å². The van der Waals surface area contributed by atoms with Crippen LogP contribution in [0.5, 0.6) is 0 Å². The zero-order valence-electron chi connectivity index (χ0n) is 12.8. The second-order valence-corrected chi connectivity index (χ2v) is 5.92. The van der Waals surface area contributed by atoms with Crippen LogP contribution < -0.4 is 5.32 Å². The molecule has 118 valence electrons. The van der Waals surface area contributed by atoms with E-state index in [0.717, 1.165) is 23.6 Å². The molecule has 1 heterocycles. The lowest BCUT2D eigenvalue weighted by molar-refractivity contribution is 0.0952. The number of hydrogen-bond donors (Lipinski definition) is 1. The molecule has 0 bridgehead atoms. The van der Waals surface area contributed by atoms with E-state index in [-0.39, 0.29) is 5.91 Å². The molecule has 22 heavy (non-hydrogen) atoms. The fraction of sp³-hybridized carbons (Fsp3) is 0.400. The smallest absolute Gasteiger partial charge is 0.251 e. The van der Waals surface area contributed by atoms with Crippen LogP contribution in [-0.4, -0.2) is 27.2 Å². The Kier molecular flexibility index (Phi) is 5.42. The summed E-state index contributed by atoms with van der Waals surface area (Å²) in [7, 11) is 0. The van der Waals surface area contributed by atoms with E-state index in [2.05, 4.69) is 15.4 Å². The maximum atomic E-state index is 12.1. The van der Waals surface area contributed by atoms with Gasteiger partial charge in [-0.15, -0.1) is 0 Å². The van der Waals surface area contributed by atoms with Crippen molar-refractivity contribution in [1.29, 1.82) is 0 Å². The zero-order chi connectivity index (χ0) is 16.3. The lowest BCUT2D eigenvalue weighted by Gasteiger charge is -2.08. The van der Waals surface area contributed by atoms with Crippen molar-refractivity contribution in [2.24, 2.45) is 0 Å². The minimum atomic E-state index is -0.185. The SMILES string of the molecule is Cc1nc(C)n(CCCNC(=O)c2cc(Cl)c(C)c(Cl)c2)n1. The van der Waals surface area contributed by atoms with Gasteiger partial charge in [-0.05, 0) is 44.9 Å². The van der Waals surface area contributed by atoms with E-state index in [4.69, 9.17) is 23.2 Å². The van der Waals surface area contributed by atoms with Crippen molar-refractivity contribution in [2.75, 3.05) is 6.54 Å². The van der Waals surface area contributed by atoms with Gasteiger partial charge in [0.05, 0.1) is 0 Å². The summed E-state index contributed by atoms with van der Waals surface area (Å²) in [5.41, 5.74) is 1.24. The van der Waals surface area contributed by atoms with E-state index in [0.29, 0.717) is 28.7 Å². The number of nitrogens with one attached hydrogen (secondary N) is 1. The highest BCUT2D eigenvalue weighted by Crippen LogP contribution is 2.25. The van der Waals surface area contributed by atoms with Gasteiger partial charge in [0.2, 0.25) is 0 Å². The van der Waals surface area contributed by atoms with Crippen molar-refractivity contribution in [3.05, 3.63) is 45.0 Å². The predicted molar refractivity (Wildman–Crippen MR) is 87.6 cm³/mol. The monoisotopic (exact) mass is 340 g/mol. The lowest BCUT2D eigenvalue weighted by atomic mass is 10.1. The normalized spacial score (nSPS) is 10.8. The number of nitrogens with zero attached hydrogens (tertiary/aromatic N) is 3. The number of rotatable bonds is 5. The Morgan fingerprint density at radius 2 is 1.86 bits per heavy atom. The first kappa shape index (κ1) is 16.8. The third kappa shape index (κ3) is 3.99. The highest BCUT2D eigenvalue weighted by Gasteiger charge is 2.10. The van der Waals surface area contributed by atoms with Crippen molar-refractivity contribution in [2.45, 2.75) is 33.7 Å². The Hall–Kier alpha value is -1.59. The average molecular weight is 341 g/mol. The van der Waals surface area contributed by atoms with E-state index in [1.165, 1.54) is 0 Å². The molecule has 0 aliphatic carbocycles. The van der Waals surface area contributed by atoms with Crippen LogP contribution in [0.4, 0.5) is 0 Å². The standard InChI is InChI=1S/C15H18Cl2N4O/c1-9-13(16)7-12(8-14(9)17)15(22)18-5-4-6-21-11(3)19-10(2)20-21/h7-8H,4-6H2,1-3H3,(H,18,22). The summed E-state index contributed by atoms with van der Waals surface area (Å²) in [6.07, 6.45) is 0.767. The van der Waals surface area contributed by atoms with Crippen molar-refractivity contribution >= 4 is 29.1 Å². The number of amides is 1. The molecule has 0 saturated heterocycles. The van der Waals surface area contributed by atoms with Gasteiger partial charge in [-0.2, -0.15) is 5.10 Å². The van der Waals surface area contributed by atoms with E-state index in [1.54, 1.807) is 12.1 Å². The van der Waals surface area contributed by atoms with Gasteiger partial charge in [-0.25, -0.2) is 4.98 Å². The Morgan fingerprint density at radius 1 is 1.23 bits per heavy atom. The van der Waals surface area contributed by atoms with Crippen LogP contribution >= 0.6 is 23.2 Å². The molecular weight excluding hydrogens is 323 g/mol. The predicted octanol–water partition coefficient (Wildman–Crippen LogP) is 3.33. The van der Waals surface area contributed by atoms with Crippen LogP contribution in [0.1, 0.15) is 34.0 Å². The second-order valence-electron chi connectivity index (χ2n) is 5.10. The van der Waals surface area contributed by atoms with Gasteiger partial charge >= 0.3 is 0 Å². The van der Waals surface area contributed by atoms with Gasteiger partial charge in [0.25, 0.3) is 5.91 Å². The molecule has 7 heteroatoms. The summed E-state index contributed by atoms with van der Waals surface area (Å²) in [6, 6.07) is 3.26. The maximum absolute atomic E-state index is 12.1. The molecule has 0 spiro atoms. The number of hydrogen-bond acceptors (Lipinski definition) is 3. The molecule has 5 nitrogen and oxygen atoms in total. The first-order valence-corrected chi connectivity index (χ1v) is 7.76. The summed E-state index contributed by atoms with van der Waals surface area (Å²) in [5.74, 6) is 1.45. The fourth-order valence-corrected chi connectivity index (χ4v) is 2.57. The van der Waals surface area contributed by atoms with Gasteiger partial charge in [0, 0.05) is 28.7 Å². The Balaban J connectivity index is 1.87. The molecule has 0 fully saturated rings. The van der Waals surface area contributed by atoms with Gasteiger partial charge in [-0.3, -0.25) is 9.48 Å². The van der Waals surface area contributed by atoms with Gasteiger partial charge in [0.15, 0.2) is 0 Å². The number of halogens is 2. The number of benzene rings is 1. The van der Waals surface area contributed by atoms with Crippen LogP contribution in [0, 0.1) is 20.8 Å². The molecule has 1 N–H and O–H groups in total. The van der Waals surface area contributed by atoms with Crippen molar-refractivity contribution in [3.8, 4) is 0 Å². The molecular formula is C15H18Cl2N4O. The van der Waals surface area contributed by atoms with Crippen LogP contribution in [0.25, 0.3) is 0 Å². The van der Waals surface area contributed by atoms with Gasteiger partial charge < -0.3 is 5.32 Å². The quantitative estimate of drug-likeness (QED) is 0.849. The lowest BCUT2D eigenvalue weighted by Crippen LogP contribution is -2.25. The van der Waals surface area contributed by atoms with Crippen LogP contribution in [0.3, 0.4) is 0 Å². The summed E-state index contributed by atoms with van der Waals surface area (Å²) in [4.78, 5) is 16.3. The highest BCUT2D eigenvalue weighted by molar-refractivity contribution is 6.36. The first-order valence-electron chi connectivity index (χ1n) is 7.00. The molecule has 2 aromatic rings. The minimum Gasteiger partial charge on any atom is -0.352 e. The molecule has 0 aliphatic heterocycles. The van der Waals surface area contributed by atoms with Crippen molar-refractivity contribution in [3.63, 3.8) is 0 Å². The van der Waals surface area contributed by atoms with Gasteiger partial charge in [-0.1, -0.05) is 23.2 Å². The number of aromatic nitrogens is 3. The van der Waals surface area contributed by atoms with Crippen molar-refractivity contribution < 1.29 is 4.79 Å². The van der Waals surface area contributed by atoms with E-state index < -0.39 is 0 Å².